The maximum Gasteiger partial charge on any atom is 0.160 e. The Morgan fingerprint density at radius 2 is 2.19 bits per heavy atom. The number of hydrogen-bond acceptors (Lipinski definition) is 3. The van der Waals surface area contributed by atoms with E-state index in [1.54, 1.807) is 6.33 Å². The summed E-state index contributed by atoms with van der Waals surface area (Å²) >= 11 is 6.15. The highest BCUT2D eigenvalue weighted by Crippen LogP contribution is 2.33. The van der Waals surface area contributed by atoms with E-state index in [0.717, 1.165) is 28.5 Å². The fraction of sp³-hybridized carbons (Fsp3) is 0.133. The third-order valence-corrected chi connectivity index (χ3v) is 3.83. The summed E-state index contributed by atoms with van der Waals surface area (Å²) in [6.07, 6.45) is 7.40. The van der Waals surface area contributed by atoms with Crippen LogP contribution in [0.25, 0.3) is 23.2 Å². The average molecular weight is 298 g/mol. The lowest BCUT2D eigenvalue weighted by atomic mass is 10.1. The smallest absolute Gasteiger partial charge is 0.160 e. The molecule has 3 heterocycles. The van der Waals surface area contributed by atoms with E-state index >= 15 is 0 Å². The van der Waals surface area contributed by atoms with Gasteiger partial charge in [-0.15, -0.1) is 0 Å². The molecule has 2 aromatic heterocycles. The molecule has 104 valence electrons. The second-order valence-electron chi connectivity index (χ2n) is 4.85. The Morgan fingerprint density at radius 1 is 1.29 bits per heavy atom. The van der Waals surface area contributed by atoms with Crippen molar-refractivity contribution in [2.24, 2.45) is 0 Å². The van der Waals surface area contributed by atoms with E-state index in [4.69, 9.17) is 11.6 Å². The number of aromatic nitrogens is 5. The van der Waals surface area contributed by atoms with Crippen molar-refractivity contribution in [1.82, 2.24) is 24.3 Å². The number of allylic oxidation sites excluding steroid dienone is 1. The van der Waals surface area contributed by atoms with Gasteiger partial charge in [-0.2, -0.15) is 5.10 Å². The molecule has 0 unspecified atom stereocenters. The molecule has 21 heavy (non-hydrogen) atoms. The highest BCUT2D eigenvalue weighted by Gasteiger charge is 2.22. The molecule has 0 spiro atoms. The van der Waals surface area contributed by atoms with Crippen LogP contribution in [0.3, 0.4) is 0 Å². The standard InChI is InChI=1S/C15H12ClN5/c1-2-3-12-14-7-21-15(17-8-19-21)11-6-10(16)4-5-13(11)20(14)9-18-12/h2-6,8-9H,7H2,1H3/b3-2+. The zero-order valence-corrected chi connectivity index (χ0v) is 12.1. The van der Waals surface area contributed by atoms with Crippen LogP contribution in [0.1, 0.15) is 18.3 Å². The molecule has 0 fully saturated rings. The summed E-state index contributed by atoms with van der Waals surface area (Å²) in [4.78, 5) is 8.87. The van der Waals surface area contributed by atoms with Gasteiger partial charge in [0.15, 0.2) is 5.82 Å². The molecule has 0 atom stereocenters. The third kappa shape index (κ3) is 1.81. The van der Waals surface area contributed by atoms with Gasteiger partial charge in [-0.3, -0.25) is 4.57 Å². The van der Waals surface area contributed by atoms with E-state index in [0.29, 0.717) is 11.6 Å². The van der Waals surface area contributed by atoms with Crippen LogP contribution < -0.4 is 0 Å². The van der Waals surface area contributed by atoms with Crippen molar-refractivity contribution in [3.05, 3.63) is 53.3 Å². The normalized spacial score (nSPS) is 12.9. The Morgan fingerprint density at radius 3 is 3.05 bits per heavy atom. The first kappa shape index (κ1) is 12.3. The molecule has 0 radical (unpaired) electrons. The summed E-state index contributed by atoms with van der Waals surface area (Å²) < 4.78 is 3.96. The highest BCUT2D eigenvalue weighted by molar-refractivity contribution is 6.31. The lowest BCUT2D eigenvalue weighted by Crippen LogP contribution is -2.05. The summed E-state index contributed by atoms with van der Waals surface area (Å²) in [5, 5.41) is 5.00. The van der Waals surface area contributed by atoms with Gasteiger partial charge >= 0.3 is 0 Å². The number of hydrogen-bond donors (Lipinski definition) is 0. The van der Waals surface area contributed by atoms with Crippen LogP contribution in [0, 0.1) is 0 Å². The molecule has 1 aromatic carbocycles. The van der Waals surface area contributed by atoms with Crippen LogP contribution in [0.2, 0.25) is 5.02 Å². The van der Waals surface area contributed by atoms with E-state index in [9.17, 15) is 0 Å². The van der Waals surface area contributed by atoms with Gasteiger partial charge in [-0.05, 0) is 31.2 Å². The van der Waals surface area contributed by atoms with Gasteiger partial charge in [-0.25, -0.2) is 14.6 Å². The second kappa shape index (κ2) is 4.56. The van der Waals surface area contributed by atoms with E-state index < -0.39 is 0 Å². The Balaban J connectivity index is 2.07. The SMILES string of the molecule is C/C=C/c1ncn2c1Cn1ncnc1-c1cc(Cl)ccc1-2. The molecular formula is C15H12ClN5. The predicted octanol–water partition coefficient (Wildman–Crippen LogP) is 3.18. The first-order valence-corrected chi connectivity index (χ1v) is 7.02. The maximum absolute atomic E-state index is 6.15. The van der Waals surface area contributed by atoms with Crippen molar-refractivity contribution in [2.75, 3.05) is 0 Å². The predicted molar refractivity (Wildman–Crippen MR) is 81.4 cm³/mol. The van der Waals surface area contributed by atoms with Gasteiger partial charge in [0, 0.05) is 10.6 Å². The molecule has 1 aliphatic heterocycles. The monoisotopic (exact) mass is 297 g/mol. The zero-order valence-electron chi connectivity index (χ0n) is 11.4. The Bertz CT molecular complexity index is 859. The zero-order chi connectivity index (χ0) is 14.4. The molecule has 0 N–H and O–H groups in total. The average Bonchev–Trinajstić information content (AvgIpc) is 3.06. The fourth-order valence-electron chi connectivity index (χ4n) is 2.68. The van der Waals surface area contributed by atoms with Gasteiger partial charge in [-0.1, -0.05) is 17.7 Å². The van der Waals surface area contributed by atoms with Crippen molar-refractivity contribution in [2.45, 2.75) is 13.5 Å². The van der Waals surface area contributed by atoms with Crippen molar-refractivity contribution < 1.29 is 0 Å². The van der Waals surface area contributed by atoms with Crippen molar-refractivity contribution in [3.63, 3.8) is 0 Å². The van der Waals surface area contributed by atoms with Crippen LogP contribution in [0.4, 0.5) is 0 Å². The number of rotatable bonds is 1. The molecule has 0 amide bonds. The van der Waals surface area contributed by atoms with Crippen LogP contribution >= 0.6 is 11.6 Å². The number of benzene rings is 1. The minimum absolute atomic E-state index is 0.626. The molecule has 5 nitrogen and oxygen atoms in total. The van der Waals surface area contributed by atoms with Crippen molar-refractivity contribution in [3.8, 4) is 17.1 Å². The van der Waals surface area contributed by atoms with E-state index in [2.05, 4.69) is 19.6 Å². The number of fused-ring (bicyclic) bond motifs is 5. The second-order valence-corrected chi connectivity index (χ2v) is 5.29. The molecule has 1 aliphatic rings. The molecular weight excluding hydrogens is 286 g/mol. The van der Waals surface area contributed by atoms with E-state index in [1.165, 1.54) is 0 Å². The molecule has 0 bridgehead atoms. The van der Waals surface area contributed by atoms with Gasteiger partial charge in [0.05, 0.1) is 23.6 Å². The Kier molecular flexibility index (Phi) is 2.68. The lowest BCUT2D eigenvalue weighted by molar-refractivity contribution is 0.676. The number of imidazole rings is 1. The molecule has 4 rings (SSSR count). The highest BCUT2D eigenvalue weighted by atomic mass is 35.5. The third-order valence-electron chi connectivity index (χ3n) is 3.60. The summed E-state index contributed by atoms with van der Waals surface area (Å²) in [5.41, 5.74) is 4.01. The maximum atomic E-state index is 6.15. The number of halogens is 1. The lowest BCUT2D eigenvalue weighted by Gasteiger charge is -2.08. The van der Waals surface area contributed by atoms with E-state index in [-0.39, 0.29) is 0 Å². The van der Waals surface area contributed by atoms with Crippen molar-refractivity contribution in [1.29, 1.82) is 0 Å². The Hall–Kier alpha value is -2.40. The summed E-state index contributed by atoms with van der Waals surface area (Å²) in [6, 6.07) is 5.79. The van der Waals surface area contributed by atoms with Gasteiger partial charge < -0.3 is 0 Å². The molecule has 0 aliphatic carbocycles. The van der Waals surface area contributed by atoms with Crippen LogP contribution in [-0.2, 0) is 6.54 Å². The van der Waals surface area contributed by atoms with Crippen LogP contribution in [0.5, 0.6) is 0 Å². The first-order valence-electron chi connectivity index (χ1n) is 6.65. The van der Waals surface area contributed by atoms with Crippen LogP contribution in [0.15, 0.2) is 36.9 Å². The summed E-state index contributed by atoms with van der Waals surface area (Å²) in [7, 11) is 0. The molecule has 0 saturated carbocycles. The Labute approximate surface area is 126 Å². The molecule has 6 heteroatoms. The minimum Gasteiger partial charge on any atom is -0.300 e. The quantitative estimate of drug-likeness (QED) is 0.542. The summed E-state index contributed by atoms with van der Waals surface area (Å²) in [6.45, 7) is 2.61. The fourth-order valence-corrected chi connectivity index (χ4v) is 2.85. The van der Waals surface area contributed by atoms with Gasteiger partial charge in [0.2, 0.25) is 0 Å². The van der Waals surface area contributed by atoms with Crippen LogP contribution in [-0.4, -0.2) is 24.3 Å². The largest absolute Gasteiger partial charge is 0.300 e. The first-order chi connectivity index (χ1) is 10.3. The van der Waals surface area contributed by atoms with Crippen molar-refractivity contribution >= 4 is 17.7 Å². The van der Waals surface area contributed by atoms with Gasteiger partial charge in [0.25, 0.3) is 0 Å². The summed E-state index contributed by atoms with van der Waals surface area (Å²) in [5.74, 6) is 0.822. The van der Waals surface area contributed by atoms with E-state index in [1.807, 2.05) is 48.3 Å². The van der Waals surface area contributed by atoms with Gasteiger partial charge in [0.1, 0.15) is 12.7 Å². The minimum atomic E-state index is 0.626. The molecule has 3 aromatic rings. The number of nitrogens with zero attached hydrogens (tertiary/aromatic N) is 5. The molecule has 0 saturated heterocycles. The topological polar surface area (TPSA) is 48.5 Å².